The van der Waals surface area contributed by atoms with Crippen molar-refractivity contribution in [2.24, 2.45) is 17.6 Å². The molecule has 1 saturated carbocycles. The summed E-state index contributed by atoms with van der Waals surface area (Å²) < 4.78 is 22.2. The molecule has 0 aromatic rings. The van der Waals surface area contributed by atoms with Gasteiger partial charge in [0.05, 0.1) is 5.75 Å². The summed E-state index contributed by atoms with van der Waals surface area (Å²) in [4.78, 5) is 0. The summed E-state index contributed by atoms with van der Waals surface area (Å²) in [6, 6.07) is 0.344. The zero-order chi connectivity index (χ0) is 10.8. The van der Waals surface area contributed by atoms with Gasteiger partial charge in [-0.1, -0.05) is 6.92 Å². The van der Waals surface area contributed by atoms with Crippen LogP contribution >= 0.6 is 0 Å². The van der Waals surface area contributed by atoms with Gasteiger partial charge in [-0.3, -0.25) is 0 Å². The standard InChI is InChI=1S/C10H21NO2S/c1-8(7-14(2,12)13)9-3-5-10(11)6-4-9/h8-10H,3-7,11H2,1-2H3. The summed E-state index contributed by atoms with van der Waals surface area (Å²) in [5.41, 5.74) is 5.81. The molecular formula is C10H21NO2S. The van der Waals surface area contributed by atoms with Crippen LogP contribution in [0.3, 0.4) is 0 Å². The maximum Gasteiger partial charge on any atom is 0.147 e. The van der Waals surface area contributed by atoms with Crippen LogP contribution in [0.4, 0.5) is 0 Å². The van der Waals surface area contributed by atoms with Crippen molar-refractivity contribution >= 4 is 9.84 Å². The third kappa shape index (κ3) is 3.96. The first-order chi connectivity index (χ1) is 6.38. The van der Waals surface area contributed by atoms with Gasteiger partial charge in [0.2, 0.25) is 0 Å². The Bertz CT molecular complexity index is 266. The van der Waals surface area contributed by atoms with Crippen molar-refractivity contribution in [1.29, 1.82) is 0 Å². The molecule has 0 bridgehead atoms. The minimum Gasteiger partial charge on any atom is -0.328 e. The highest BCUT2D eigenvalue weighted by Gasteiger charge is 2.25. The molecule has 0 aromatic carbocycles. The summed E-state index contributed by atoms with van der Waals surface area (Å²) in [7, 11) is -2.82. The fourth-order valence-corrected chi connectivity index (χ4v) is 3.55. The van der Waals surface area contributed by atoms with E-state index in [9.17, 15) is 8.42 Å². The molecule has 1 unspecified atom stereocenters. The van der Waals surface area contributed by atoms with Crippen molar-refractivity contribution in [3.05, 3.63) is 0 Å². The number of hydrogen-bond donors (Lipinski definition) is 1. The first kappa shape index (κ1) is 12.0. The van der Waals surface area contributed by atoms with Crippen molar-refractivity contribution in [1.82, 2.24) is 0 Å². The van der Waals surface area contributed by atoms with Crippen LogP contribution < -0.4 is 5.73 Å². The molecule has 0 saturated heterocycles. The quantitative estimate of drug-likeness (QED) is 0.775. The highest BCUT2D eigenvalue weighted by molar-refractivity contribution is 7.90. The zero-order valence-electron chi connectivity index (χ0n) is 9.07. The first-order valence-corrected chi connectivity index (χ1v) is 7.38. The lowest BCUT2D eigenvalue weighted by molar-refractivity contribution is 0.261. The lowest BCUT2D eigenvalue weighted by Crippen LogP contribution is -2.31. The summed E-state index contributed by atoms with van der Waals surface area (Å²) in [6.07, 6.45) is 5.62. The van der Waals surface area contributed by atoms with E-state index in [1.807, 2.05) is 6.92 Å². The van der Waals surface area contributed by atoms with Crippen molar-refractivity contribution in [2.45, 2.75) is 38.6 Å². The van der Waals surface area contributed by atoms with Gasteiger partial charge in [0.15, 0.2) is 0 Å². The molecule has 1 aliphatic carbocycles. The maximum atomic E-state index is 11.1. The first-order valence-electron chi connectivity index (χ1n) is 5.32. The Kier molecular flexibility index (Phi) is 3.95. The minimum atomic E-state index is -2.82. The number of nitrogens with two attached hydrogens (primary N) is 1. The highest BCUT2D eigenvalue weighted by atomic mass is 32.2. The van der Waals surface area contributed by atoms with Gasteiger partial charge in [-0.05, 0) is 37.5 Å². The Morgan fingerprint density at radius 3 is 2.21 bits per heavy atom. The molecular weight excluding hydrogens is 198 g/mol. The fourth-order valence-electron chi connectivity index (χ4n) is 2.33. The molecule has 14 heavy (non-hydrogen) atoms. The van der Waals surface area contributed by atoms with Gasteiger partial charge in [-0.2, -0.15) is 0 Å². The summed E-state index contributed by atoms with van der Waals surface area (Å²) >= 11 is 0. The van der Waals surface area contributed by atoms with Crippen LogP contribution in [0.1, 0.15) is 32.6 Å². The molecule has 2 N–H and O–H groups in total. The molecule has 4 heteroatoms. The predicted molar refractivity (Wildman–Crippen MR) is 58.8 cm³/mol. The second-order valence-corrected chi connectivity index (χ2v) is 6.93. The molecule has 0 spiro atoms. The van der Waals surface area contributed by atoms with E-state index < -0.39 is 9.84 Å². The SMILES string of the molecule is CC(CS(C)(=O)=O)C1CCC(N)CC1. The molecule has 1 rings (SSSR count). The molecule has 3 nitrogen and oxygen atoms in total. The highest BCUT2D eigenvalue weighted by Crippen LogP contribution is 2.29. The van der Waals surface area contributed by atoms with Crippen LogP contribution in [0.25, 0.3) is 0 Å². The van der Waals surface area contributed by atoms with Gasteiger partial charge in [-0.15, -0.1) is 0 Å². The van der Waals surface area contributed by atoms with E-state index in [2.05, 4.69) is 0 Å². The lowest BCUT2D eigenvalue weighted by Gasteiger charge is -2.30. The van der Waals surface area contributed by atoms with Crippen molar-refractivity contribution < 1.29 is 8.42 Å². The van der Waals surface area contributed by atoms with Crippen LogP contribution in [0.2, 0.25) is 0 Å². The Morgan fingerprint density at radius 1 is 1.29 bits per heavy atom. The van der Waals surface area contributed by atoms with E-state index in [1.165, 1.54) is 6.26 Å². The van der Waals surface area contributed by atoms with E-state index in [1.54, 1.807) is 0 Å². The molecule has 1 fully saturated rings. The molecule has 0 heterocycles. The van der Waals surface area contributed by atoms with E-state index >= 15 is 0 Å². The van der Waals surface area contributed by atoms with E-state index in [0.29, 0.717) is 17.7 Å². The van der Waals surface area contributed by atoms with Crippen molar-refractivity contribution in [3.63, 3.8) is 0 Å². The normalized spacial score (nSPS) is 31.4. The monoisotopic (exact) mass is 219 g/mol. The fraction of sp³-hybridized carbons (Fsp3) is 1.00. The van der Waals surface area contributed by atoms with E-state index in [0.717, 1.165) is 25.7 Å². The average molecular weight is 219 g/mol. The van der Waals surface area contributed by atoms with Gasteiger partial charge in [0.25, 0.3) is 0 Å². The zero-order valence-corrected chi connectivity index (χ0v) is 9.89. The Balaban J connectivity index is 2.42. The van der Waals surface area contributed by atoms with Crippen LogP contribution in [0.5, 0.6) is 0 Å². The van der Waals surface area contributed by atoms with E-state index in [-0.39, 0.29) is 5.92 Å². The van der Waals surface area contributed by atoms with E-state index in [4.69, 9.17) is 5.73 Å². The van der Waals surface area contributed by atoms with Crippen LogP contribution in [-0.2, 0) is 9.84 Å². The van der Waals surface area contributed by atoms with Gasteiger partial charge in [-0.25, -0.2) is 8.42 Å². The van der Waals surface area contributed by atoms with Crippen molar-refractivity contribution in [3.8, 4) is 0 Å². The summed E-state index contributed by atoms with van der Waals surface area (Å²) in [5.74, 6) is 1.18. The lowest BCUT2D eigenvalue weighted by atomic mass is 9.80. The number of rotatable bonds is 3. The van der Waals surface area contributed by atoms with Gasteiger partial charge in [0, 0.05) is 12.3 Å². The van der Waals surface area contributed by atoms with Crippen LogP contribution in [0, 0.1) is 11.8 Å². The Morgan fingerprint density at radius 2 is 1.79 bits per heavy atom. The largest absolute Gasteiger partial charge is 0.328 e. The second kappa shape index (κ2) is 4.62. The molecule has 0 aliphatic heterocycles. The molecule has 1 atom stereocenters. The molecule has 1 aliphatic rings. The smallest absolute Gasteiger partial charge is 0.147 e. The molecule has 84 valence electrons. The topological polar surface area (TPSA) is 60.2 Å². The number of sulfone groups is 1. The maximum absolute atomic E-state index is 11.1. The van der Waals surface area contributed by atoms with Crippen LogP contribution in [0.15, 0.2) is 0 Å². The Labute approximate surface area is 87.0 Å². The third-order valence-corrected chi connectivity index (χ3v) is 4.32. The third-order valence-electron chi connectivity index (χ3n) is 3.19. The van der Waals surface area contributed by atoms with Gasteiger partial charge < -0.3 is 5.73 Å². The number of hydrogen-bond acceptors (Lipinski definition) is 3. The molecule has 0 aromatic heterocycles. The minimum absolute atomic E-state index is 0.289. The summed E-state index contributed by atoms with van der Waals surface area (Å²) in [6.45, 7) is 2.04. The second-order valence-electron chi connectivity index (χ2n) is 4.74. The average Bonchev–Trinajstić information content (AvgIpc) is 2.02. The van der Waals surface area contributed by atoms with Gasteiger partial charge in [0.1, 0.15) is 9.84 Å². The predicted octanol–water partition coefficient (Wildman–Crippen LogP) is 1.18. The van der Waals surface area contributed by atoms with Crippen LogP contribution in [-0.4, -0.2) is 26.5 Å². The Hall–Kier alpha value is -0.0900. The molecule has 0 radical (unpaired) electrons. The summed E-state index contributed by atoms with van der Waals surface area (Å²) in [5, 5.41) is 0. The van der Waals surface area contributed by atoms with Crippen molar-refractivity contribution in [2.75, 3.05) is 12.0 Å². The molecule has 0 amide bonds. The van der Waals surface area contributed by atoms with Gasteiger partial charge >= 0.3 is 0 Å².